The van der Waals surface area contributed by atoms with Crippen LogP contribution in [0.4, 0.5) is 0 Å². The molecular formula is C11H13N. The molecule has 0 bridgehead atoms. The summed E-state index contributed by atoms with van der Waals surface area (Å²) in [5.74, 6) is 0. The minimum atomic E-state index is 0.263. The van der Waals surface area contributed by atoms with Crippen LogP contribution in [0.5, 0.6) is 0 Å². The molecule has 0 saturated heterocycles. The molecule has 1 atom stereocenters. The molecule has 0 spiro atoms. The zero-order chi connectivity index (χ0) is 8.55. The van der Waals surface area contributed by atoms with Gasteiger partial charge in [-0.2, -0.15) is 0 Å². The molecule has 1 aromatic rings. The van der Waals surface area contributed by atoms with Crippen molar-refractivity contribution in [3.8, 4) is 0 Å². The van der Waals surface area contributed by atoms with Crippen molar-refractivity contribution >= 4 is 6.08 Å². The Labute approximate surface area is 72.9 Å². The third kappa shape index (κ3) is 1.07. The van der Waals surface area contributed by atoms with E-state index in [0.717, 1.165) is 12.8 Å². The second kappa shape index (κ2) is 2.76. The van der Waals surface area contributed by atoms with Crippen LogP contribution in [0.3, 0.4) is 0 Å². The lowest BCUT2D eigenvalue weighted by Crippen LogP contribution is -2.04. The van der Waals surface area contributed by atoms with E-state index in [2.05, 4.69) is 24.8 Å². The van der Waals surface area contributed by atoms with Gasteiger partial charge in [0.05, 0.1) is 0 Å². The topological polar surface area (TPSA) is 26.0 Å². The van der Waals surface area contributed by atoms with Gasteiger partial charge in [0, 0.05) is 6.04 Å². The molecule has 0 fully saturated rings. The summed E-state index contributed by atoms with van der Waals surface area (Å²) < 4.78 is 0. The molecule has 0 amide bonds. The Balaban J connectivity index is 2.48. The average molecular weight is 159 g/mol. The third-order valence-electron chi connectivity index (χ3n) is 2.53. The summed E-state index contributed by atoms with van der Waals surface area (Å²) in [6.07, 6.45) is 4.10. The van der Waals surface area contributed by atoms with Crippen molar-refractivity contribution in [1.82, 2.24) is 0 Å². The fourth-order valence-corrected chi connectivity index (χ4v) is 1.80. The van der Waals surface area contributed by atoms with Crippen molar-refractivity contribution in [1.29, 1.82) is 0 Å². The number of rotatable bonds is 1. The molecule has 0 radical (unpaired) electrons. The van der Waals surface area contributed by atoms with Crippen LogP contribution in [0.15, 0.2) is 24.8 Å². The first-order chi connectivity index (χ1) is 5.81. The van der Waals surface area contributed by atoms with Crippen LogP contribution in [-0.2, 0) is 6.42 Å². The summed E-state index contributed by atoms with van der Waals surface area (Å²) in [5, 5.41) is 0. The number of aryl methyl sites for hydroxylation is 1. The standard InChI is InChI=1S/C11H13N/c1-2-8-3-5-10-9(7-8)4-6-11(10)12/h2-3,5,7,11H,1,4,6,12H2. The Morgan fingerprint density at radius 1 is 1.50 bits per heavy atom. The van der Waals surface area contributed by atoms with Crippen LogP contribution in [-0.4, -0.2) is 0 Å². The number of benzene rings is 1. The van der Waals surface area contributed by atoms with Crippen LogP contribution in [0.25, 0.3) is 6.08 Å². The molecule has 2 rings (SSSR count). The normalized spacial score (nSPS) is 20.6. The van der Waals surface area contributed by atoms with E-state index in [1.54, 1.807) is 0 Å². The van der Waals surface area contributed by atoms with Gasteiger partial charge in [0.1, 0.15) is 0 Å². The molecule has 62 valence electrons. The molecule has 2 N–H and O–H groups in total. The summed E-state index contributed by atoms with van der Waals surface area (Å²) in [4.78, 5) is 0. The van der Waals surface area contributed by atoms with Crippen molar-refractivity contribution in [3.05, 3.63) is 41.5 Å². The predicted octanol–water partition coefficient (Wildman–Crippen LogP) is 2.28. The predicted molar refractivity (Wildman–Crippen MR) is 51.8 cm³/mol. The maximum atomic E-state index is 5.91. The first-order valence-electron chi connectivity index (χ1n) is 4.32. The van der Waals surface area contributed by atoms with E-state index in [-0.39, 0.29) is 6.04 Å². The van der Waals surface area contributed by atoms with Crippen molar-refractivity contribution in [2.45, 2.75) is 18.9 Å². The maximum absolute atomic E-state index is 5.91. The van der Waals surface area contributed by atoms with Crippen molar-refractivity contribution in [3.63, 3.8) is 0 Å². The van der Waals surface area contributed by atoms with Crippen LogP contribution in [0.1, 0.15) is 29.2 Å². The summed E-state index contributed by atoms with van der Waals surface area (Å²) in [6.45, 7) is 3.74. The van der Waals surface area contributed by atoms with Crippen LogP contribution in [0, 0.1) is 0 Å². The van der Waals surface area contributed by atoms with Gasteiger partial charge in [-0.1, -0.05) is 30.9 Å². The first-order valence-corrected chi connectivity index (χ1v) is 4.32. The van der Waals surface area contributed by atoms with Crippen LogP contribution < -0.4 is 5.73 Å². The molecule has 0 heterocycles. The maximum Gasteiger partial charge on any atom is 0.0300 e. The first kappa shape index (κ1) is 7.56. The highest BCUT2D eigenvalue weighted by Gasteiger charge is 2.17. The highest BCUT2D eigenvalue weighted by Crippen LogP contribution is 2.29. The zero-order valence-electron chi connectivity index (χ0n) is 7.09. The summed E-state index contributed by atoms with van der Waals surface area (Å²) in [6, 6.07) is 6.66. The number of fused-ring (bicyclic) bond motifs is 1. The van der Waals surface area contributed by atoms with Gasteiger partial charge in [0.2, 0.25) is 0 Å². The molecule has 0 aliphatic heterocycles. The van der Waals surface area contributed by atoms with Crippen LogP contribution >= 0.6 is 0 Å². The minimum Gasteiger partial charge on any atom is -0.324 e. The second-order valence-corrected chi connectivity index (χ2v) is 3.31. The van der Waals surface area contributed by atoms with E-state index in [1.165, 1.54) is 16.7 Å². The lowest BCUT2D eigenvalue weighted by molar-refractivity contribution is 0.713. The van der Waals surface area contributed by atoms with Gasteiger partial charge in [-0.05, 0) is 29.5 Å². The molecule has 1 aromatic carbocycles. The third-order valence-corrected chi connectivity index (χ3v) is 2.53. The molecular weight excluding hydrogens is 146 g/mol. The van der Waals surface area contributed by atoms with Crippen molar-refractivity contribution in [2.24, 2.45) is 5.73 Å². The van der Waals surface area contributed by atoms with E-state index in [0.29, 0.717) is 0 Å². The molecule has 1 heteroatoms. The second-order valence-electron chi connectivity index (χ2n) is 3.31. The number of hydrogen-bond donors (Lipinski definition) is 1. The van der Waals surface area contributed by atoms with Crippen molar-refractivity contribution in [2.75, 3.05) is 0 Å². The zero-order valence-corrected chi connectivity index (χ0v) is 7.09. The highest BCUT2D eigenvalue weighted by atomic mass is 14.6. The molecule has 1 aliphatic rings. The van der Waals surface area contributed by atoms with E-state index >= 15 is 0 Å². The largest absolute Gasteiger partial charge is 0.324 e. The fourth-order valence-electron chi connectivity index (χ4n) is 1.80. The molecule has 1 unspecified atom stereocenters. The van der Waals surface area contributed by atoms with Gasteiger partial charge < -0.3 is 5.73 Å². The Morgan fingerprint density at radius 2 is 2.33 bits per heavy atom. The van der Waals surface area contributed by atoms with E-state index in [9.17, 15) is 0 Å². The molecule has 12 heavy (non-hydrogen) atoms. The molecule has 0 saturated carbocycles. The van der Waals surface area contributed by atoms with E-state index < -0.39 is 0 Å². The van der Waals surface area contributed by atoms with E-state index in [4.69, 9.17) is 5.73 Å². The molecule has 1 nitrogen and oxygen atoms in total. The molecule has 0 aromatic heterocycles. The van der Waals surface area contributed by atoms with Gasteiger partial charge in [-0.15, -0.1) is 0 Å². The lowest BCUT2D eigenvalue weighted by atomic mass is 10.1. The number of hydrogen-bond acceptors (Lipinski definition) is 1. The SMILES string of the molecule is C=Cc1ccc2c(c1)CCC2N. The Morgan fingerprint density at radius 3 is 3.08 bits per heavy atom. The Kier molecular flexibility index (Phi) is 1.74. The minimum absolute atomic E-state index is 0.263. The highest BCUT2D eigenvalue weighted by molar-refractivity contribution is 5.51. The van der Waals surface area contributed by atoms with E-state index in [1.807, 2.05) is 6.08 Å². The molecule has 1 aliphatic carbocycles. The lowest BCUT2D eigenvalue weighted by Gasteiger charge is -2.04. The van der Waals surface area contributed by atoms with Gasteiger partial charge in [0.15, 0.2) is 0 Å². The van der Waals surface area contributed by atoms with Crippen molar-refractivity contribution < 1.29 is 0 Å². The summed E-state index contributed by atoms with van der Waals surface area (Å²) >= 11 is 0. The quantitative estimate of drug-likeness (QED) is 0.668. The van der Waals surface area contributed by atoms with Gasteiger partial charge in [-0.3, -0.25) is 0 Å². The van der Waals surface area contributed by atoms with Crippen LogP contribution in [0.2, 0.25) is 0 Å². The Hall–Kier alpha value is -1.08. The summed E-state index contributed by atoms with van der Waals surface area (Å²) in [5.41, 5.74) is 9.83. The summed E-state index contributed by atoms with van der Waals surface area (Å²) in [7, 11) is 0. The number of nitrogens with two attached hydrogens (primary N) is 1. The Bertz CT molecular complexity index is 315. The smallest absolute Gasteiger partial charge is 0.0300 e. The fraction of sp³-hybridized carbons (Fsp3) is 0.273. The van der Waals surface area contributed by atoms with Gasteiger partial charge >= 0.3 is 0 Å². The average Bonchev–Trinajstić information content (AvgIpc) is 2.47. The monoisotopic (exact) mass is 159 g/mol. The van der Waals surface area contributed by atoms with Gasteiger partial charge in [-0.25, -0.2) is 0 Å². The van der Waals surface area contributed by atoms with Gasteiger partial charge in [0.25, 0.3) is 0 Å².